The summed E-state index contributed by atoms with van der Waals surface area (Å²) in [5.41, 5.74) is 8.95. The Morgan fingerprint density at radius 3 is 2.38 bits per heavy atom. The minimum atomic E-state index is -0.746. The third-order valence-electron chi connectivity index (χ3n) is 5.54. The highest BCUT2D eigenvalue weighted by molar-refractivity contribution is 6.06. The van der Waals surface area contributed by atoms with Gasteiger partial charge in [-0.15, -0.1) is 0 Å². The van der Waals surface area contributed by atoms with Gasteiger partial charge in [-0.05, 0) is 36.8 Å². The maximum absolute atomic E-state index is 13.4. The molecule has 1 atom stereocenters. The van der Waals surface area contributed by atoms with Crippen LogP contribution in [0.15, 0.2) is 99.5 Å². The van der Waals surface area contributed by atoms with Crippen molar-refractivity contribution in [1.29, 1.82) is 0 Å². The van der Waals surface area contributed by atoms with Gasteiger partial charge in [0.2, 0.25) is 5.88 Å². The lowest BCUT2D eigenvalue weighted by Crippen LogP contribution is -2.32. The summed E-state index contributed by atoms with van der Waals surface area (Å²) >= 11 is 0. The van der Waals surface area contributed by atoms with E-state index in [0.717, 1.165) is 11.1 Å². The highest BCUT2D eigenvalue weighted by Crippen LogP contribution is 2.44. The molecule has 0 saturated heterocycles. The molecule has 32 heavy (non-hydrogen) atoms. The molecular formula is C26H20N2O4. The first-order valence-electron chi connectivity index (χ1n) is 10.2. The Balaban J connectivity index is 1.72. The van der Waals surface area contributed by atoms with Crippen molar-refractivity contribution in [1.82, 2.24) is 0 Å². The van der Waals surface area contributed by atoms with Gasteiger partial charge in [-0.25, -0.2) is 4.79 Å². The smallest absolute Gasteiger partial charge is 0.344 e. The minimum absolute atomic E-state index is 0.0488. The number of para-hydroxylation sites is 2. The number of carbonyl (C=O) groups is 1. The molecule has 158 valence electrons. The number of benzene rings is 3. The predicted octanol–water partition coefficient (Wildman–Crippen LogP) is 4.43. The van der Waals surface area contributed by atoms with Crippen molar-refractivity contribution in [3.05, 3.63) is 117 Å². The topological polar surface area (TPSA) is 94.6 Å². The fourth-order valence-electron chi connectivity index (χ4n) is 4.00. The highest BCUT2D eigenvalue weighted by atomic mass is 16.5. The number of fused-ring (bicyclic) bond motifs is 3. The number of aryl methyl sites for hydroxylation is 1. The van der Waals surface area contributed by atoms with E-state index in [-0.39, 0.29) is 17.0 Å². The van der Waals surface area contributed by atoms with Crippen LogP contribution in [0.3, 0.4) is 0 Å². The lowest BCUT2D eigenvalue weighted by Gasteiger charge is -2.28. The summed E-state index contributed by atoms with van der Waals surface area (Å²) in [6.45, 7) is 1.97. The van der Waals surface area contributed by atoms with Gasteiger partial charge in [-0.1, -0.05) is 60.2 Å². The maximum Gasteiger partial charge on any atom is 0.344 e. The Morgan fingerprint density at radius 2 is 1.62 bits per heavy atom. The Hall–Kier alpha value is -4.32. The van der Waals surface area contributed by atoms with Crippen molar-refractivity contribution in [2.75, 3.05) is 5.32 Å². The third-order valence-corrected chi connectivity index (χ3v) is 5.54. The van der Waals surface area contributed by atoms with Crippen LogP contribution >= 0.6 is 0 Å². The largest absolute Gasteiger partial charge is 0.440 e. The zero-order valence-corrected chi connectivity index (χ0v) is 17.3. The van der Waals surface area contributed by atoms with Gasteiger partial charge in [0.25, 0.3) is 5.91 Å². The van der Waals surface area contributed by atoms with E-state index in [4.69, 9.17) is 14.9 Å². The molecule has 0 saturated carbocycles. The lowest BCUT2D eigenvalue weighted by atomic mass is 9.82. The Labute approximate surface area is 183 Å². The van der Waals surface area contributed by atoms with Crippen molar-refractivity contribution in [2.45, 2.75) is 12.8 Å². The van der Waals surface area contributed by atoms with Crippen LogP contribution in [0.25, 0.3) is 11.0 Å². The summed E-state index contributed by atoms with van der Waals surface area (Å²) < 4.78 is 11.5. The van der Waals surface area contributed by atoms with Crippen molar-refractivity contribution in [3.63, 3.8) is 0 Å². The molecule has 1 aromatic heterocycles. The molecule has 5 rings (SSSR count). The Morgan fingerprint density at radius 1 is 0.938 bits per heavy atom. The average molecular weight is 424 g/mol. The van der Waals surface area contributed by atoms with Gasteiger partial charge < -0.3 is 20.2 Å². The second-order valence-corrected chi connectivity index (χ2v) is 7.67. The standard InChI is InChI=1S/C26H20N2O4/c1-15-11-13-16(14-12-15)20-21-23(18-9-5-6-10-19(18)31-26(21)30)32-24(27)22(20)25(29)28-17-7-3-2-4-8-17/h2-14,20H,27H2,1H3,(H,28,29)/t20-/m1/s1. The van der Waals surface area contributed by atoms with Crippen molar-refractivity contribution in [2.24, 2.45) is 5.73 Å². The first kappa shape index (κ1) is 19.6. The molecule has 1 aliphatic rings. The summed E-state index contributed by atoms with van der Waals surface area (Å²) in [7, 11) is 0. The number of ether oxygens (including phenoxy) is 1. The van der Waals surface area contributed by atoms with Crippen molar-refractivity contribution in [3.8, 4) is 5.75 Å². The van der Waals surface area contributed by atoms with Crippen molar-refractivity contribution >= 4 is 22.6 Å². The van der Waals surface area contributed by atoms with E-state index < -0.39 is 17.5 Å². The zero-order valence-electron chi connectivity index (χ0n) is 17.3. The molecule has 0 bridgehead atoms. The fourth-order valence-corrected chi connectivity index (χ4v) is 4.00. The molecule has 1 amide bonds. The summed E-state index contributed by atoms with van der Waals surface area (Å²) in [6, 6.07) is 23.7. The van der Waals surface area contributed by atoms with E-state index in [2.05, 4.69) is 5.32 Å². The highest BCUT2D eigenvalue weighted by Gasteiger charge is 2.38. The first-order chi connectivity index (χ1) is 15.5. The van der Waals surface area contributed by atoms with Crippen LogP contribution in [0.4, 0.5) is 5.69 Å². The van der Waals surface area contributed by atoms with Gasteiger partial charge in [0, 0.05) is 5.69 Å². The molecular weight excluding hydrogens is 404 g/mol. The molecule has 0 spiro atoms. The Kier molecular flexibility index (Phi) is 4.75. The van der Waals surface area contributed by atoms with Crippen LogP contribution in [0.1, 0.15) is 22.6 Å². The van der Waals surface area contributed by atoms with Crippen molar-refractivity contribution < 1.29 is 13.9 Å². The van der Waals surface area contributed by atoms with E-state index in [1.807, 2.05) is 55.5 Å². The molecule has 4 aromatic rings. The SMILES string of the molecule is Cc1ccc([C@H]2C(C(=O)Nc3ccccc3)=C(N)Oc3c2c(=O)oc2ccccc32)cc1. The molecule has 3 aromatic carbocycles. The van der Waals surface area contributed by atoms with E-state index in [1.165, 1.54) is 0 Å². The average Bonchev–Trinajstić information content (AvgIpc) is 2.79. The number of nitrogens with one attached hydrogen (secondary N) is 1. The third kappa shape index (κ3) is 3.32. The van der Waals surface area contributed by atoms with Crippen LogP contribution in [0.5, 0.6) is 5.75 Å². The fraction of sp³-hybridized carbons (Fsp3) is 0.0769. The molecule has 2 heterocycles. The molecule has 3 N–H and O–H groups in total. The van der Waals surface area contributed by atoms with Crippen LogP contribution in [-0.2, 0) is 4.79 Å². The molecule has 0 radical (unpaired) electrons. The molecule has 0 unspecified atom stereocenters. The summed E-state index contributed by atoms with van der Waals surface area (Å²) in [5, 5.41) is 3.47. The molecule has 6 nitrogen and oxygen atoms in total. The lowest BCUT2D eigenvalue weighted by molar-refractivity contribution is -0.113. The van der Waals surface area contributed by atoms with E-state index in [1.54, 1.807) is 30.3 Å². The van der Waals surface area contributed by atoms with Crippen LogP contribution in [0, 0.1) is 6.92 Å². The van der Waals surface area contributed by atoms with Gasteiger partial charge >= 0.3 is 5.63 Å². The minimum Gasteiger partial charge on any atom is -0.440 e. The zero-order chi connectivity index (χ0) is 22.2. The summed E-state index contributed by atoms with van der Waals surface area (Å²) in [5.74, 6) is -0.926. The van der Waals surface area contributed by atoms with E-state index in [9.17, 15) is 9.59 Å². The quantitative estimate of drug-likeness (QED) is 0.474. The number of amides is 1. The van der Waals surface area contributed by atoms with Gasteiger partial charge in [-0.3, -0.25) is 4.79 Å². The molecule has 1 aliphatic heterocycles. The van der Waals surface area contributed by atoms with Gasteiger partial charge in [0.15, 0.2) is 5.75 Å². The van der Waals surface area contributed by atoms with Gasteiger partial charge in [0.1, 0.15) is 5.58 Å². The normalized spacial score (nSPS) is 15.2. The van der Waals surface area contributed by atoms with Crippen LogP contribution in [0.2, 0.25) is 0 Å². The molecule has 6 heteroatoms. The second kappa shape index (κ2) is 7.74. The van der Waals surface area contributed by atoms with Gasteiger partial charge in [-0.2, -0.15) is 0 Å². The number of anilines is 1. The predicted molar refractivity (Wildman–Crippen MR) is 122 cm³/mol. The van der Waals surface area contributed by atoms with Crippen LogP contribution in [-0.4, -0.2) is 5.91 Å². The Bertz CT molecular complexity index is 1420. The maximum atomic E-state index is 13.4. The first-order valence-corrected chi connectivity index (χ1v) is 10.2. The summed E-state index contributed by atoms with van der Waals surface area (Å²) in [6.07, 6.45) is 0. The van der Waals surface area contributed by atoms with E-state index in [0.29, 0.717) is 22.4 Å². The number of carbonyl (C=O) groups excluding carboxylic acids is 1. The monoisotopic (exact) mass is 424 g/mol. The number of nitrogens with two attached hydrogens (primary N) is 1. The number of rotatable bonds is 3. The van der Waals surface area contributed by atoms with Gasteiger partial charge in [0.05, 0.1) is 22.4 Å². The van der Waals surface area contributed by atoms with Crippen LogP contribution < -0.4 is 21.4 Å². The molecule has 0 fully saturated rings. The summed E-state index contributed by atoms with van der Waals surface area (Å²) in [4.78, 5) is 26.5. The molecule has 0 aliphatic carbocycles. The second-order valence-electron chi connectivity index (χ2n) is 7.67. The number of hydrogen-bond donors (Lipinski definition) is 2. The van der Waals surface area contributed by atoms with E-state index >= 15 is 0 Å². The number of hydrogen-bond acceptors (Lipinski definition) is 5.